The van der Waals surface area contributed by atoms with Gasteiger partial charge in [0.2, 0.25) is 4.77 Å². The molecule has 118 valence electrons. The maximum absolute atomic E-state index is 5.76. The molecule has 0 saturated carbocycles. The van der Waals surface area contributed by atoms with Gasteiger partial charge in [0.25, 0.3) is 0 Å². The van der Waals surface area contributed by atoms with Crippen LogP contribution in [0.15, 0.2) is 42.7 Å². The van der Waals surface area contributed by atoms with Crippen LogP contribution in [-0.4, -0.2) is 29.4 Å². The molecule has 0 atom stereocenters. The number of benzene rings is 1. The minimum Gasteiger partial charge on any atom is -0.352 e. The molecule has 4 aromatic rings. The molecule has 0 aliphatic carbocycles. The third-order valence-corrected chi connectivity index (χ3v) is 3.99. The zero-order chi connectivity index (χ0) is 16.4. The number of nitrogens with two attached hydrogens (primary N) is 1. The largest absolute Gasteiger partial charge is 0.352 e. The Kier molecular flexibility index (Phi) is 4.13. The summed E-state index contributed by atoms with van der Waals surface area (Å²) in [6, 6.07) is 9.98. The summed E-state index contributed by atoms with van der Waals surface area (Å²) in [7, 11) is 1.90. The topological polar surface area (TPSA) is 96.1 Å². The lowest BCUT2D eigenvalue weighted by atomic mass is 10.2. The summed E-state index contributed by atoms with van der Waals surface area (Å²) in [6.07, 6.45) is 3.69. The first kappa shape index (κ1) is 15.3. The first-order valence-electron chi connectivity index (χ1n) is 6.77. The van der Waals surface area contributed by atoms with Crippen LogP contribution in [0.2, 0.25) is 0 Å². The number of H-pyrrole nitrogens is 3. The third kappa shape index (κ3) is 3.10. The molecule has 3 aromatic heterocycles. The molecular weight excluding hydrogens is 330 g/mol. The highest BCUT2D eigenvalue weighted by Gasteiger charge is 2.09. The zero-order valence-electron chi connectivity index (χ0n) is 12.3. The fraction of sp³-hybridized carbons (Fsp3) is 0.0714. The summed E-state index contributed by atoms with van der Waals surface area (Å²) < 4.78 is 4.35. The van der Waals surface area contributed by atoms with Crippen molar-refractivity contribution in [1.82, 2.24) is 29.4 Å². The smallest absolute Gasteiger partial charge is 0.214 e. The van der Waals surface area contributed by atoms with Gasteiger partial charge in [0.05, 0.1) is 5.69 Å². The lowest BCUT2D eigenvalue weighted by Gasteiger charge is -1.95. The van der Waals surface area contributed by atoms with Crippen LogP contribution in [0, 0.1) is 9.54 Å². The Balaban J connectivity index is 0.000000188. The van der Waals surface area contributed by atoms with Crippen LogP contribution in [0.4, 0.5) is 0 Å². The molecular formula is C14H15N7S2. The number of aryl methyl sites for hydroxylation is 1. The summed E-state index contributed by atoms with van der Waals surface area (Å²) in [5.41, 5.74) is 1.89. The van der Waals surface area contributed by atoms with Crippen molar-refractivity contribution < 1.29 is 0 Å². The molecule has 0 saturated heterocycles. The van der Waals surface area contributed by atoms with E-state index in [-0.39, 0.29) is 0 Å². The fourth-order valence-electron chi connectivity index (χ4n) is 2.08. The van der Waals surface area contributed by atoms with Crippen LogP contribution >= 0.6 is 24.4 Å². The lowest BCUT2D eigenvalue weighted by molar-refractivity contribution is 0.894. The molecule has 0 amide bonds. The molecule has 9 heteroatoms. The number of hydrogen-bond donors (Lipinski definition) is 4. The standard InChI is InChI=1S/C10H9N5S.C4H6N2S/c11-15-9(13-14-10(15)16)8-5-6-3-1-2-4-7(6)12-8;1-6-3-2-5-4(6)7/h1-5,12H,11H2,(H,14,16);2-3H,1H3,(H,5,7). The van der Waals surface area contributed by atoms with Crippen molar-refractivity contribution in [1.29, 1.82) is 0 Å². The highest BCUT2D eigenvalue weighted by atomic mass is 32.1. The number of fused-ring (bicyclic) bond motifs is 1. The summed E-state index contributed by atoms with van der Waals surface area (Å²) >= 11 is 9.75. The quantitative estimate of drug-likeness (QED) is 0.315. The Morgan fingerprint density at radius 1 is 1.17 bits per heavy atom. The van der Waals surface area contributed by atoms with Crippen LogP contribution < -0.4 is 5.84 Å². The van der Waals surface area contributed by atoms with E-state index < -0.39 is 0 Å². The van der Waals surface area contributed by atoms with Crippen LogP contribution in [-0.2, 0) is 7.05 Å². The van der Waals surface area contributed by atoms with E-state index in [9.17, 15) is 0 Å². The van der Waals surface area contributed by atoms with Gasteiger partial charge in [0.1, 0.15) is 0 Å². The maximum Gasteiger partial charge on any atom is 0.214 e. The molecule has 7 nitrogen and oxygen atoms in total. The number of hydrogen-bond acceptors (Lipinski definition) is 4. The molecule has 0 radical (unpaired) electrons. The van der Waals surface area contributed by atoms with Gasteiger partial charge < -0.3 is 20.4 Å². The molecule has 0 bridgehead atoms. The first-order chi connectivity index (χ1) is 11.1. The van der Waals surface area contributed by atoms with Crippen LogP contribution in [0.25, 0.3) is 22.4 Å². The molecule has 3 heterocycles. The third-order valence-electron chi connectivity index (χ3n) is 3.30. The van der Waals surface area contributed by atoms with E-state index in [0.717, 1.165) is 21.4 Å². The number of para-hydroxylation sites is 1. The van der Waals surface area contributed by atoms with Gasteiger partial charge in [-0.2, -0.15) is 5.10 Å². The van der Waals surface area contributed by atoms with E-state index in [0.29, 0.717) is 10.6 Å². The molecule has 0 unspecified atom stereocenters. The predicted octanol–water partition coefficient (Wildman–Crippen LogP) is 2.89. The number of nitrogens with one attached hydrogen (secondary N) is 3. The fourth-order valence-corrected chi connectivity index (χ4v) is 2.34. The van der Waals surface area contributed by atoms with Crippen molar-refractivity contribution >= 4 is 35.3 Å². The Morgan fingerprint density at radius 2 is 1.96 bits per heavy atom. The van der Waals surface area contributed by atoms with Crippen molar-refractivity contribution in [3.63, 3.8) is 0 Å². The van der Waals surface area contributed by atoms with E-state index in [4.69, 9.17) is 30.3 Å². The summed E-state index contributed by atoms with van der Waals surface area (Å²) in [6.45, 7) is 0. The second-order valence-electron chi connectivity index (χ2n) is 4.87. The molecule has 0 spiro atoms. The Bertz CT molecular complexity index is 1010. The van der Waals surface area contributed by atoms with E-state index >= 15 is 0 Å². The number of imidazole rings is 1. The van der Waals surface area contributed by atoms with E-state index in [1.54, 1.807) is 0 Å². The number of nitrogen functional groups attached to an aromatic ring is 1. The second-order valence-corrected chi connectivity index (χ2v) is 5.64. The number of rotatable bonds is 1. The zero-order valence-corrected chi connectivity index (χ0v) is 13.9. The second kappa shape index (κ2) is 6.23. The number of nitrogens with zero attached hydrogens (tertiary/aromatic N) is 3. The van der Waals surface area contributed by atoms with Gasteiger partial charge >= 0.3 is 0 Å². The summed E-state index contributed by atoms with van der Waals surface area (Å²) in [4.78, 5) is 6.08. The predicted molar refractivity (Wildman–Crippen MR) is 95.5 cm³/mol. The van der Waals surface area contributed by atoms with Gasteiger partial charge in [-0.25, -0.2) is 9.77 Å². The molecule has 1 aromatic carbocycles. The Labute approximate surface area is 141 Å². The van der Waals surface area contributed by atoms with E-state index in [1.165, 1.54) is 4.68 Å². The van der Waals surface area contributed by atoms with Gasteiger partial charge in [-0.15, -0.1) is 0 Å². The Hall–Kier alpha value is -2.65. The van der Waals surface area contributed by atoms with Gasteiger partial charge in [-0.1, -0.05) is 18.2 Å². The minimum absolute atomic E-state index is 0.397. The van der Waals surface area contributed by atoms with E-state index in [2.05, 4.69) is 20.2 Å². The normalized spacial score (nSPS) is 10.5. The molecule has 0 aliphatic rings. The van der Waals surface area contributed by atoms with Crippen LogP contribution in [0.5, 0.6) is 0 Å². The average Bonchev–Trinajstić information content (AvgIpc) is 3.22. The maximum atomic E-state index is 5.76. The highest BCUT2D eigenvalue weighted by Crippen LogP contribution is 2.21. The average molecular weight is 345 g/mol. The highest BCUT2D eigenvalue weighted by molar-refractivity contribution is 7.71. The summed E-state index contributed by atoms with van der Waals surface area (Å²) in [5.74, 6) is 6.35. The van der Waals surface area contributed by atoms with Crippen LogP contribution in [0.1, 0.15) is 0 Å². The molecule has 5 N–H and O–H groups in total. The molecule has 4 rings (SSSR count). The molecule has 23 heavy (non-hydrogen) atoms. The lowest BCUT2D eigenvalue weighted by Crippen LogP contribution is -2.09. The Morgan fingerprint density at radius 3 is 2.48 bits per heavy atom. The first-order valence-corrected chi connectivity index (χ1v) is 7.58. The van der Waals surface area contributed by atoms with Gasteiger partial charge in [0, 0.05) is 30.3 Å². The monoisotopic (exact) mass is 345 g/mol. The molecule has 0 aliphatic heterocycles. The van der Waals surface area contributed by atoms with E-state index in [1.807, 2.05) is 54.3 Å². The summed E-state index contributed by atoms with van der Waals surface area (Å²) in [5, 5.41) is 7.84. The molecule has 0 fully saturated rings. The SMILES string of the molecule is Cn1cc[nH]c1=S.Nn1c(-c2cc3ccccc3[nH]2)n[nH]c1=S. The van der Waals surface area contributed by atoms with Gasteiger partial charge in [0.15, 0.2) is 10.6 Å². The minimum atomic E-state index is 0.397. The van der Waals surface area contributed by atoms with Gasteiger partial charge in [-0.05, 0) is 36.6 Å². The van der Waals surface area contributed by atoms with Crippen molar-refractivity contribution in [2.75, 3.05) is 5.84 Å². The van der Waals surface area contributed by atoms with Crippen molar-refractivity contribution in [2.24, 2.45) is 7.05 Å². The van der Waals surface area contributed by atoms with Crippen molar-refractivity contribution in [3.8, 4) is 11.5 Å². The number of aromatic nitrogens is 6. The van der Waals surface area contributed by atoms with Crippen LogP contribution in [0.3, 0.4) is 0 Å². The van der Waals surface area contributed by atoms with Crippen molar-refractivity contribution in [2.45, 2.75) is 0 Å². The van der Waals surface area contributed by atoms with Gasteiger partial charge in [-0.3, -0.25) is 0 Å². The van der Waals surface area contributed by atoms with Crippen molar-refractivity contribution in [3.05, 3.63) is 52.3 Å². The number of aromatic amines is 3.